The molecule has 20 heavy (non-hydrogen) atoms. The normalized spacial score (nSPS) is 19.1. The summed E-state index contributed by atoms with van der Waals surface area (Å²) >= 11 is 0. The topological polar surface area (TPSA) is 92.3 Å². The van der Waals surface area contributed by atoms with Gasteiger partial charge in [-0.2, -0.15) is 5.10 Å². The minimum absolute atomic E-state index is 0.238. The largest absolute Gasteiger partial charge is 0.353 e. The van der Waals surface area contributed by atoms with Crippen LogP contribution in [0, 0.1) is 6.92 Å². The molecule has 3 rings (SSSR count). The van der Waals surface area contributed by atoms with E-state index >= 15 is 0 Å². The third kappa shape index (κ3) is 2.18. The standard InChI is InChI=1S/C13H20N6O/c1-9-15-11(8-12-16-17-13(20)19(9)12)18-7-3-5-10(18)4-2-6-14/h8,10H,2-7,14H2,1H3,(H,17,20). The smallest absolute Gasteiger partial charge is 0.349 e. The van der Waals surface area contributed by atoms with Crippen molar-refractivity contribution < 1.29 is 0 Å². The number of H-pyrrole nitrogens is 1. The van der Waals surface area contributed by atoms with Crippen molar-refractivity contribution >= 4 is 11.5 Å². The molecule has 3 heterocycles. The van der Waals surface area contributed by atoms with E-state index in [2.05, 4.69) is 20.1 Å². The second-order valence-electron chi connectivity index (χ2n) is 5.30. The number of nitrogens with two attached hydrogens (primary N) is 1. The number of hydrogen-bond acceptors (Lipinski definition) is 5. The van der Waals surface area contributed by atoms with E-state index in [4.69, 9.17) is 5.73 Å². The predicted molar refractivity (Wildman–Crippen MR) is 77.0 cm³/mol. The molecule has 7 heteroatoms. The summed E-state index contributed by atoms with van der Waals surface area (Å²) in [4.78, 5) is 18.5. The summed E-state index contributed by atoms with van der Waals surface area (Å²) in [5, 5.41) is 6.50. The van der Waals surface area contributed by atoms with Gasteiger partial charge in [0.2, 0.25) is 0 Å². The van der Waals surface area contributed by atoms with Crippen molar-refractivity contribution in [3.05, 3.63) is 22.4 Å². The first kappa shape index (κ1) is 13.1. The lowest BCUT2D eigenvalue weighted by molar-refractivity contribution is 0.581. The zero-order chi connectivity index (χ0) is 14.1. The highest BCUT2D eigenvalue weighted by Gasteiger charge is 2.26. The summed E-state index contributed by atoms with van der Waals surface area (Å²) < 4.78 is 1.49. The molecule has 0 amide bonds. The Balaban J connectivity index is 1.95. The lowest BCUT2D eigenvalue weighted by Gasteiger charge is -2.26. The summed E-state index contributed by atoms with van der Waals surface area (Å²) in [7, 11) is 0. The van der Waals surface area contributed by atoms with Crippen molar-refractivity contribution in [2.75, 3.05) is 18.0 Å². The Labute approximate surface area is 116 Å². The van der Waals surface area contributed by atoms with Gasteiger partial charge in [-0.15, -0.1) is 0 Å². The Kier molecular flexibility index (Phi) is 3.43. The number of aromatic nitrogens is 4. The third-order valence-corrected chi connectivity index (χ3v) is 3.97. The van der Waals surface area contributed by atoms with Crippen molar-refractivity contribution in [3.8, 4) is 0 Å². The van der Waals surface area contributed by atoms with Crippen LogP contribution in [0.1, 0.15) is 31.5 Å². The maximum absolute atomic E-state index is 11.6. The maximum atomic E-state index is 11.6. The molecule has 2 aromatic heterocycles. The summed E-state index contributed by atoms with van der Waals surface area (Å²) in [6.07, 6.45) is 4.48. The fourth-order valence-electron chi connectivity index (χ4n) is 3.02. The Hall–Kier alpha value is -1.89. The van der Waals surface area contributed by atoms with Gasteiger partial charge in [-0.3, -0.25) is 0 Å². The van der Waals surface area contributed by atoms with Gasteiger partial charge < -0.3 is 10.6 Å². The second-order valence-corrected chi connectivity index (χ2v) is 5.30. The van der Waals surface area contributed by atoms with Crippen LogP contribution in [-0.2, 0) is 0 Å². The van der Waals surface area contributed by atoms with Crippen molar-refractivity contribution in [1.82, 2.24) is 19.6 Å². The zero-order valence-electron chi connectivity index (χ0n) is 11.7. The maximum Gasteiger partial charge on any atom is 0.349 e. The number of aromatic amines is 1. The summed E-state index contributed by atoms with van der Waals surface area (Å²) in [5.74, 6) is 1.58. The van der Waals surface area contributed by atoms with E-state index in [1.165, 1.54) is 17.2 Å². The molecule has 3 N–H and O–H groups in total. The summed E-state index contributed by atoms with van der Waals surface area (Å²) in [5.41, 5.74) is 5.99. The molecule has 0 radical (unpaired) electrons. The molecule has 0 bridgehead atoms. The van der Waals surface area contributed by atoms with E-state index in [0.29, 0.717) is 17.5 Å². The van der Waals surface area contributed by atoms with Crippen molar-refractivity contribution in [2.45, 2.75) is 38.6 Å². The Morgan fingerprint density at radius 1 is 1.55 bits per heavy atom. The molecule has 1 atom stereocenters. The van der Waals surface area contributed by atoms with Crippen LogP contribution >= 0.6 is 0 Å². The fourth-order valence-corrected chi connectivity index (χ4v) is 3.02. The van der Waals surface area contributed by atoms with Gasteiger partial charge in [-0.05, 0) is 39.2 Å². The highest BCUT2D eigenvalue weighted by Crippen LogP contribution is 2.27. The minimum atomic E-state index is -0.238. The predicted octanol–water partition coefficient (Wildman–Crippen LogP) is 0.434. The molecule has 1 aliphatic rings. The van der Waals surface area contributed by atoms with E-state index in [9.17, 15) is 4.79 Å². The highest BCUT2D eigenvalue weighted by atomic mass is 16.1. The van der Waals surface area contributed by atoms with E-state index in [-0.39, 0.29) is 5.69 Å². The van der Waals surface area contributed by atoms with Gasteiger partial charge in [0.05, 0.1) is 0 Å². The monoisotopic (exact) mass is 276 g/mol. The molecule has 0 aliphatic carbocycles. The average Bonchev–Trinajstić information content (AvgIpc) is 3.03. The lowest BCUT2D eigenvalue weighted by atomic mass is 10.1. The molecule has 2 aromatic rings. The van der Waals surface area contributed by atoms with Gasteiger partial charge >= 0.3 is 5.69 Å². The molecule has 1 unspecified atom stereocenters. The number of aryl methyl sites for hydroxylation is 1. The van der Waals surface area contributed by atoms with Gasteiger partial charge in [0, 0.05) is 18.7 Å². The first-order chi connectivity index (χ1) is 9.70. The Morgan fingerprint density at radius 3 is 3.20 bits per heavy atom. The SMILES string of the molecule is Cc1nc(N2CCCC2CCCN)cc2n[nH]c(=O)n12. The first-order valence-corrected chi connectivity index (χ1v) is 7.12. The molecular weight excluding hydrogens is 256 g/mol. The Morgan fingerprint density at radius 2 is 2.40 bits per heavy atom. The Bertz CT molecular complexity index is 660. The third-order valence-electron chi connectivity index (χ3n) is 3.97. The van der Waals surface area contributed by atoms with E-state index in [1.807, 2.05) is 13.0 Å². The quantitative estimate of drug-likeness (QED) is 0.845. The molecule has 7 nitrogen and oxygen atoms in total. The van der Waals surface area contributed by atoms with Gasteiger partial charge in [-0.25, -0.2) is 19.3 Å². The molecule has 1 fully saturated rings. The van der Waals surface area contributed by atoms with Gasteiger partial charge in [0.1, 0.15) is 11.6 Å². The minimum Gasteiger partial charge on any atom is -0.353 e. The molecule has 1 aliphatic heterocycles. The van der Waals surface area contributed by atoms with Crippen molar-refractivity contribution in [1.29, 1.82) is 0 Å². The highest BCUT2D eigenvalue weighted by molar-refractivity contribution is 5.52. The van der Waals surface area contributed by atoms with E-state index in [1.54, 1.807) is 0 Å². The molecule has 108 valence electrons. The van der Waals surface area contributed by atoms with Crippen LogP contribution in [0.5, 0.6) is 0 Å². The van der Waals surface area contributed by atoms with Crippen LogP contribution in [0.25, 0.3) is 5.65 Å². The second kappa shape index (κ2) is 5.24. The van der Waals surface area contributed by atoms with E-state index in [0.717, 1.165) is 31.7 Å². The molecule has 1 saturated heterocycles. The van der Waals surface area contributed by atoms with Gasteiger partial charge in [-0.1, -0.05) is 0 Å². The number of anilines is 1. The average molecular weight is 276 g/mol. The summed E-state index contributed by atoms with van der Waals surface area (Å²) in [6.45, 7) is 3.56. The van der Waals surface area contributed by atoms with Crippen LogP contribution in [0.2, 0.25) is 0 Å². The number of nitrogens with zero attached hydrogens (tertiary/aromatic N) is 4. The fraction of sp³-hybridized carbons (Fsp3) is 0.615. The number of rotatable bonds is 4. The van der Waals surface area contributed by atoms with Crippen LogP contribution in [-0.4, -0.2) is 38.7 Å². The molecular formula is C13H20N6O. The number of hydrogen-bond donors (Lipinski definition) is 2. The molecule has 0 spiro atoms. The van der Waals surface area contributed by atoms with Crippen LogP contribution < -0.4 is 16.3 Å². The van der Waals surface area contributed by atoms with Crippen LogP contribution in [0.3, 0.4) is 0 Å². The van der Waals surface area contributed by atoms with Crippen LogP contribution in [0.4, 0.5) is 5.82 Å². The van der Waals surface area contributed by atoms with Crippen molar-refractivity contribution in [2.24, 2.45) is 5.73 Å². The lowest BCUT2D eigenvalue weighted by Crippen LogP contribution is -2.31. The van der Waals surface area contributed by atoms with E-state index < -0.39 is 0 Å². The first-order valence-electron chi connectivity index (χ1n) is 7.12. The summed E-state index contributed by atoms with van der Waals surface area (Å²) in [6, 6.07) is 2.38. The van der Waals surface area contributed by atoms with Crippen molar-refractivity contribution in [3.63, 3.8) is 0 Å². The van der Waals surface area contributed by atoms with Gasteiger partial charge in [0.15, 0.2) is 5.65 Å². The molecule has 0 aromatic carbocycles. The zero-order valence-corrected chi connectivity index (χ0v) is 11.7. The number of fused-ring (bicyclic) bond motifs is 1. The van der Waals surface area contributed by atoms with Gasteiger partial charge in [0.25, 0.3) is 0 Å². The molecule has 0 saturated carbocycles. The van der Waals surface area contributed by atoms with Crippen LogP contribution in [0.15, 0.2) is 10.9 Å². The number of nitrogens with one attached hydrogen (secondary N) is 1.